The van der Waals surface area contributed by atoms with Crippen LogP contribution in [-0.2, 0) is 26.3 Å². The number of hydrogen-bond acceptors (Lipinski definition) is 4. The van der Waals surface area contributed by atoms with E-state index in [2.05, 4.69) is 5.32 Å². The molecule has 1 atom stereocenters. The van der Waals surface area contributed by atoms with Crippen molar-refractivity contribution in [2.24, 2.45) is 0 Å². The molecule has 2 rings (SSSR count). The summed E-state index contributed by atoms with van der Waals surface area (Å²) < 4.78 is 28.1. The number of para-hydroxylation sites is 1. The number of likely N-dealkylation sites (N-methyl/N-ethyl adjacent to an activating group) is 1. The maximum Gasteiger partial charge on any atom is 0.304 e. The molecule has 0 heterocycles. The summed E-state index contributed by atoms with van der Waals surface area (Å²) >= 11 is 0. The van der Waals surface area contributed by atoms with Crippen LogP contribution in [-0.4, -0.2) is 63.2 Å². The Morgan fingerprint density at radius 3 is 2.00 bits per heavy atom. The zero-order valence-electron chi connectivity index (χ0n) is 18.4. The second kappa shape index (κ2) is 10.9. The lowest BCUT2D eigenvalue weighted by Gasteiger charge is -2.33. The first-order chi connectivity index (χ1) is 14.7. The smallest absolute Gasteiger partial charge is 0.304 e. The molecule has 2 amide bonds. The summed E-state index contributed by atoms with van der Waals surface area (Å²) in [5.74, 6) is -0.762. The minimum atomic E-state index is -3.93. The molecular weight excluding hydrogens is 416 g/mol. The topological polar surface area (TPSA) is 90.0 Å². The molecule has 0 saturated heterocycles. The van der Waals surface area contributed by atoms with Crippen molar-refractivity contribution in [1.29, 1.82) is 0 Å². The van der Waals surface area contributed by atoms with Crippen LogP contribution in [0, 0.1) is 0 Å². The minimum Gasteiger partial charge on any atom is -0.357 e. The summed E-state index contributed by atoms with van der Waals surface area (Å²) in [6.45, 7) is 1.58. The van der Waals surface area contributed by atoms with Crippen LogP contribution in [0.4, 0.5) is 5.69 Å². The third kappa shape index (κ3) is 6.05. The molecule has 0 bridgehead atoms. The normalized spacial score (nSPS) is 12.3. The Hall–Kier alpha value is -2.91. The molecule has 2 aromatic carbocycles. The SMILES string of the molecule is CC[C@@H](C(=O)NC)N(Cc1ccccc1)C(=O)CN(c1ccccc1)S(=O)(=O)N(C)C. The van der Waals surface area contributed by atoms with Crippen LogP contribution in [0.5, 0.6) is 0 Å². The van der Waals surface area contributed by atoms with Gasteiger partial charge in [0.2, 0.25) is 11.8 Å². The van der Waals surface area contributed by atoms with E-state index in [4.69, 9.17) is 0 Å². The predicted molar refractivity (Wildman–Crippen MR) is 122 cm³/mol. The number of benzene rings is 2. The van der Waals surface area contributed by atoms with Crippen molar-refractivity contribution in [1.82, 2.24) is 14.5 Å². The molecule has 0 fully saturated rings. The van der Waals surface area contributed by atoms with Gasteiger partial charge in [-0.15, -0.1) is 0 Å². The molecule has 8 nitrogen and oxygen atoms in total. The van der Waals surface area contributed by atoms with Gasteiger partial charge in [-0.3, -0.25) is 9.59 Å². The van der Waals surface area contributed by atoms with E-state index in [0.29, 0.717) is 12.1 Å². The molecule has 2 aromatic rings. The molecule has 0 radical (unpaired) electrons. The summed E-state index contributed by atoms with van der Waals surface area (Å²) in [6, 6.07) is 17.0. The quantitative estimate of drug-likeness (QED) is 0.603. The number of hydrogen-bond donors (Lipinski definition) is 1. The van der Waals surface area contributed by atoms with Crippen molar-refractivity contribution in [3.63, 3.8) is 0 Å². The summed E-state index contributed by atoms with van der Waals surface area (Å²) in [5, 5.41) is 2.60. The van der Waals surface area contributed by atoms with Crippen molar-refractivity contribution >= 4 is 27.7 Å². The third-order valence-electron chi connectivity index (χ3n) is 4.89. The van der Waals surface area contributed by atoms with E-state index in [1.807, 2.05) is 37.3 Å². The summed E-state index contributed by atoms with van der Waals surface area (Å²) in [7, 11) is 0.411. The highest BCUT2D eigenvalue weighted by atomic mass is 32.2. The first kappa shape index (κ1) is 24.4. The number of rotatable bonds is 10. The lowest BCUT2D eigenvalue weighted by molar-refractivity contribution is -0.140. The van der Waals surface area contributed by atoms with Crippen LogP contribution in [0.25, 0.3) is 0 Å². The number of amides is 2. The van der Waals surface area contributed by atoms with Gasteiger partial charge in [-0.2, -0.15) is 12.7 Å². The maximum atomic E-state index is 13.4. The number of carbonyl (C=O) groups excluding carboxylic acids is 2. The average molecular weight is 447 g/mol. The van der Waals surface area contributed by atoms with Crippen LogP contribution in [0.2, 0.25) is 0 Å². The minimum absolute atomic E-state index is 0.191. The van der Waals surface area contributed by atoms with Gasteiger partial charge in [0.15, 0.2) is 0 Å². The second-order valence-corrected chi connectivity index (χ2v) is 9.24. The van der Waals surface area contributed by atoms with Gasteiger partial charge >= 0.3 is 10.2 Å². The van der Waals surface area contributed by atoms with Gasteiger partial charge in [0, 0.05) is 27.7 Å². The van der Waals surface area contributed by atoms with E-state index >= 15 is 0 Å². The van der Waals surface area contributed by atoms with Crippen molar-refractivity contribution in [2.45, 2.75) is 25.9 Å². The van der Waals surface area contributed by atoms with Crippen LogP contribution < -0.4 is 9.62 Å². The maximum absolute atomic E-state index is 13.4. The molecule has 9 heteroatoms. The van der Waals surface area contributed by atoms with Crippen molar-refractivity contribution in [3.8, 4) is 0 Å². The molecule has 0 aliphatic heterocycles. The second-order valence-electron chi connectivity index (χ2n) is 7.18. The number of nitrogens with zero attached hydrogens (tertiary/aromatic N) is 3. The van der Waals surface area contributed by atoms with Gasteiger partial charge in [-0.05, 0) is 24.1 Å². The molecule has 0 saturated carbocycles. The molecule has 1 N–H and O–H groups in total. The van der Waals surface area contributed by atoms with Gasteiger partial charge < -0.3 is 10.2 Å². The van der Waals surface area contributed by atoms with Gasteiger partial charge in [0.05, 0.1) is 5.69 Å². The fourth-order valence-corrected chi connectivity index (χ4v) is 4.23. The zero-order valence-corrected chi connectivity index (χ0v) is 19.2. The van der Waals surface area contributed by atoms with Gasteiger partial charge in [0.1, 0.15) is 12.6 Å². The van der Waals surface area contributed by atoms with Crippen LogP contribution in [0.3, 0.4) is 0 Å². The molecule has 0 aromatic heterocycles. The van der Waals surface area contributed by atoms with Crippen LogP contribution >= 0.6 is 0 Å². The third-order valence-corrected chi connectivity index (χ3v) is 6.71. The molecular formula is C22H30N4O4S. The average Bonchev–Trinajstić information content (AvgIpc) is 2.77. The molecule has 168 valence electrons. The highest BCUT2D eigenvalue weighted by Gasteiger charge is 2.33. The van der Waals surface area contributed by atoms with Gasteiger partial charge in [-0.1, -0.05) is 55.5 Å². The summed E-state index contributed by atoms with van der Waals surface area (Å²) in [5.41, 5.74) is 1.22. The van der Waals surface area contributed by atoms with Crippen molar-refractivity contribution in [3.05, 3.63) is 66.2 Å². The Bertz CT molecular complexity index is 966. The summed E-state index contributed by atoms with van der Waals surface area (Å²) in [6.07, 6.45) is 0.393. The highest BCUT2D eigenvalue weighted by Crippen LogP contribution is 2.20. The largest absolute Gasteiger partial charge is 0.357 e. The Balaban J connectivity index is 2.44. The Morgan fingerprint density at radius 1 is 0.968 bits per heavy atom. The van der Waals surface area contributed by atoms with Gasteiger partial charge in [0.25, 0.3) is 0 Å². The van der Waals surface area contributed by atoms with E-state index in [9.17, 15) is 18.0 Å². The lowest BCUT2D eigenvalue weighted by atomic mass is 10.1. The number of nitrogens with one attached hydrogen (secondary N) is 1. The Kier molecular flexibility index (Phi) is 8.58. The van der Waals surface area contributed by atoms with Gasteiger partial charge in [-0.25, -0.2) is 4.31 Å². The Morgan fingerprint density at radius 2 is 1.52 bits per heavy atom. The fraction of sp³-hybridized carbons (Fsp3) is 0.364. The van der Waals surface area contributed by atoms with Crippen LogP contribution in [0.1, 0.15) is 18.9 Å². The van der Waals surface area contributed by atoms with Crippen molar-refractivity contribution in [2.75, 3.05) is 32.0 Å². The zero-order chi connectivity index (χ0) is 23.0. The first-order valence-electron chi connectivity index (χ1n) is 10.0. The van der Waals surface area contributed by atoms with E-state index in [1.165, 1.54) is 26.0 Å². The highest BCUT2D eigenvalue weighted by molar-refractivity contribution is 7.90. The van der Waals surface area contributed by atoms with E-state index in [-0.39, 0.29) is 12.5 Å². The fourth-order valence-electron chi connectivity index (χ4n) is 3.18. The Labute approximate surface area is 184 Å². The number of carbonyl (C=O) groups is 2. The molecule has 0 aliphatic carbocycles. The van der Waals surface area contributed by atoms with E-state index in [1.54, 1.807) is 30.3 Å². The molecule has 0 spiro atoms. The standard InChI is InChI=1S/C22H30N4O4S/c1-5-20(22(28)23-2)25(16-18-12-8-6-9-13-18)21(27)17-26(31(29,30)24(3)4)19-14-10-7-11-15-19/h6-15,20H,5,16-17H2,1-4H3,(H,23,28)/t20-/m0/s1. The first-order valence-corrected chi connectivity index (χ1v) is 11.4. The monoisotopic (exact) mass is 446 g/mol. The van der Waals surface area contributed by atoms with Crippen LogP contribution in [0.15, 0.2) is 60.7 Å². The number of anilines is 1. The summed E-state index contributed by atoms with van der Waals surface area (Å²) in [4.78, 5) is 27.4. The van der Waals surface area contributed by atoms with E-state index in [0.717, 1.165) is 14.2 Å². The lowest BCUT2D eigenvalue weighted by Crippen LogP contribution is -2.52. The predicted octanol–water partition coefficient (Wildman–Crippen LogP) is 1.85. The molecule has 31 heavy (non-hydrogen) atoms. The molecule has 0 aliphatic rings. The van der Waals surface area contributed by atoms with E-state index < -0.39 is 28.7 Å². The van der Waals surface area contributed by atoms with Crippen molar-refractivity contribution < 1.29 is 18.0 Å². The molecule has 0 unspecified atom stereocenters.